The van der Waals surface area contributed by atoms with Crippen LogP contribution in [0.25, 0.3) is 0 Å². The van der Waals surface area contributed by atoms with E-state index in [4.69, 9.17) is 5.26 Å². The summed E-state index contributed by atoms with van der Waals surface area (Å²) >= 11 is 0. The number of nitrogens with one attached hydrogen (secondary N) is 1. The Morgan fingerprint density at radius 3 is 3.00 bits per heavy atom. The van der Waals surface area contributed by atoms with Crippen molar-refractivity contribution in [3.05, 3.63) is 29.8 Å². The number of amides is 1. The Morgan fingerprint density at radius 2 is 2.33 bits per heavy atom. The maximum Gasteiger partial charge on any atom is 0.224 e. The Balaban J connectivity index is 1.93. The average Bonchev–Trinajstić information content (AvgIpc) is 2.75. The van der Waals surface area contributed by atoms with Gasteiger partial charge in [-0.25, -0.2) is 0 Å². The molecule has 1 atom stereocenters. The van der Waals surface area contributed by atoms with E-state index in [0.29, 0.717) is 23.6 Å². The predicted molar refractivity (Wildman–Crippen MR) is 70.0 cm³/mol. The van der Waals surface area contributed by atoms with E-state index in [1.54, 1.807) is 18.2 Å². The standard InChI is InChI=1S/C14H17N3O/c1-17-7-6-11(10-17)8-14(18)16-13-5-3-2-4-12(13)9-15/h2-5,11H,6-8,10H2,1H3,(H,16,18). The van der Waals surface area contributed by atoms with E-state index < -0.39 is 0 Å². The van der Waals surface area contributed by atoms with Gasteiger partial charge in [0, 0.05) is 13.0 Å². The zero-order valence-corrected chi connectivity index (χ0v) is 10.5. The highest BCUT2D eigenvalue weighted by Gasteiger charge is 2.22. The molecule has 4 nitrogen and oxygen atoms in total. The molecule has 1 unspecified atom stereocenters. The molecule has 1 aliphatic rings. The zero-order valence-electron chi connectivity index (χ0n) is 10.5. The molecule has 0 spiro atoms. The van der Waals surface area contributed by atoms with Gasteiger partial charge >= 0.3 is 0 Å². The molecule has 1 fully saturated rings. The van der Waals surface area contributed by atoms with Gasteiger partial charge in [0.15, 0.2) is 0 Å². The van der Waals surface area contributed by atoms with E-state index in [0.717, 1.165) is 19.5 Å². The maximum atomic E-state index is 11.9. The molecule has 1 aromatic rings. The Kier molecular flexibility index (Phi) is 3.96. The lowest BCUT2D eigenvalue weighted by Gasteiger charge is -2.11. The number of para-hydroxylation sites is 1. The second-order valence-corrected chi connectivity index (χ2v) is 4.83. The summed E-state index contributed by atoms with van der Waals surface area (Å²) in [6.45, 7) is 2.04. The van der Waals surface area contributed by atoms with E-state index in [1.807, 2.05) is 6.07 Å². The van der Waals surface area contributed by atoms with Crippen molar-refractivity contribution in [2.24, 2.45) is 5.92 Å². The molecule has 0 bridgehead atoms. The minimum absolute atomic E-state index is 0.00185. The SMILES string of the molecule is CN1CCC(CC(=O)Nc2ccccc2C#N)C1. The second-order valence-electron chi connectivity index (χ2n) is 4.83. The predicted octanol–water partition coefficient (Wildman–Crippen LogP) is 1.84. The summed E-state index contributed by atoms with van der Waals surface area (Å²) < 4.78 is 0. The number of carbonyl (C=O) groups is 1. The van der Waals surface area contributed by atoms with Crippen LogP contribution in [0.5, 0.6) is 0 Å². The molecular weight excluding hydrogens is 226 g/mol. The van der Waals surface area contributed by atoms with Crippen LogP contribution in [0.4, 0.5) is 5.69 Å². The van der Waals surface area contributed by atoms with Gasteiger partial charge in [0.2, 0.25) is 5.91 Å². The van der Waals surface area contributed by atoms with Crippen molar-refractivity contribution in [3.63, 3.8) is 0 Å². The first-order chi connectivity index (χ1) is 8.69. The van der Waals surface area contributed by atoms with Crippen LogP contribution >= 0.6 is 0 Å². The van der Waals surface area contributed by atoms with Gasteiger partial charge in [-0.1, -0.05) is 12.1 Å². The summed E-state index contributed by atoms with van der Waals surface area (Å²) in [5.41, 5.74) is 1.12. The largest absolute Gasteiger partial charge is 0.325 e. The minimum Gasteiger partial charge on any atom is -0.325 e. The summed E-state index contributed by atoms with van der Waals surface area (Å²) in [6, 6.07) is 9.16. The molecule has 94 valence electrons. The summed E-state index contributed by atoms with van der Waals surface area (Å²) in [7, 11) is 2.07. The van der Waals surface area contributed by atoms with Gasteiger partial charge in [0.05, 0.1) is 11.3 Å². The molecule has 1 N–H and O–H groups in total. The fourth-order valence-corrected chi connectivity index (χ4v) is 2.35. The van der Waals surface area contributed by atoms with Crippen molar-refractivity contribution in [2.75, 3.05) is 25.5 Å². The van der Waals surface area contributed by atoms with Crippen LogP contribution in [0, 0.1) is 17.2 Å². The summed E-state index contributed by atoms with van der Waals surface area (Å²) in [5, 5.41) is 11.8. The molecular formula is C14H17N3O. The highest BCUT2D eigenvalue weighted by molar-refractivity contribution is 5.92. The first kappa shape index (κ1) is 12.6. The van der Waals surface area contributed by atoms with Crippen molar-refractivity contribution in [1.82, 2.24) is 4.90 Å². The third-order valence-electron chi connectivity index (χ3n) is 3.28. The average molecular weight is 243 g/mol. The van der Waals surface area contributed by atoms with Crippen LogP contribution < -0.4 is 5.32 Å². The zero-order chi connectivity index (χ0) is 13.0. The van der Waals surface area contributed by atoms with Crippen LogP contribution in [0.2, 0.25) is 0 Å². The van der Waals surface area contributed by atoms with Crippen LogP contribution in [0.15, 0.2) is 24.3 Å². The molecule has 1 heterocycles. The number of benzene rings is 1. The van der Waals surface area contributed by atoms with Crippen LogP contribution in [-0.2, 0) is 4.79 Å². The number of hydrogen-bond donors (Lipinski definition) is 1. The molecule has 1 aromatic carbocycles. The van der Waals surface area contributed by atoms with E-state index in [9.17, 15) is 4.79 Å². The lowest BCUT2D eigenvalue weighted by molar-refractivity contribution is -0.117. The third kappa shape index (κ3) is 3.08. The molecule has 18 heavy (non-hydrogen) atoms. The third-order valence-corrected chi connectivity index (χ3v) is 3.28. The smallest absolute Gasteiger partial charge is 0.224 e. The van der Waals surface area contributed by atoms with E-state index in [1.165, 1.54) is 0 Å². The Labute approximate surface area is 107 Å². The highest BCUT2D eigenvalue weighted by Crippen LogP contribution is 2.20. The first-order valence-electron chi connectivity index (χ1n) is 6.16. The number of rotatable bonds is 3. The van der Waals surface area contributed by atoms with Crippen molar-refractivity contribution >= 4 is 11.6 Å². The summed E-state index contributed by atoms with van der Waals surface area (Å²) in [5.74, 6) is 0.433. The van der Waals surface area contributed by atoms with Crippen molar-refractivity contribution in [1.29, 1.82) is 5.26 Å². The van der Waals surface area contributed by atoms with Gasteiger partial charge in [-0.3, -0.25) is 4.79 Å². The normalized spacial score (nSPS) is 19.4. The molecule has 4 heteroatoms. The van der Waals surface area contributed by atoms with E-state index >= 15 is 0 Å². The van der Waals surface area contributed by atoms with Crippen molar-refractivity contribution in [2.45, 2.75) is 12.8 Å². The summed E-state index contributed by atoms with van der Waals surface area (Å²) in [4.78, 5) is 14.1. The molecule has 0 radical (unpaired) electrons. The number of nitriles is 1. The number of carbonyl (C=O) groups excluding carboxylic acids is 1. The van der Waals surface area contributed by atoms with Gasteiger partial charge in [0.1, 0.15) is 6.07 Å². The number of likely N-dealkylation sites (tertiary alicyclic amines) is 1. The number of nitrogens with zero attached hydrogens (tertiary/aromatic N) is 2. The molecule has 0 saturated carbocycles. The maximum absolute atomic E-state index is 11.9. The van der Waals surface area contributed by atoms with Gasteiger partial charge in [0.25, 0.3) is 0 Å². The number of hydrogen-bond acceptors (Lipinski definition) is 3. The topological polar surface area (TPSA) is 56.1 Å². The molecule has 0 aromatic heterocycles. The van der Waals surface area contributed by atoms with Crippen LogP contribution in [0.3, 0.4) is 0 Å². The van der Waals surface area contributed by atoms with Crippen molar-refractivity contribution < 1.29 is 4.79 Å². The Morgan fingerprint density at radius 1 is 1.56 bits per heavy atom. The lowest BCUT2D eigenvalue weighted by atomic mass is 10.0. The second kappa shape index (κ2) is 5.65. The van der Waals surface area contributed by atoms with Gasteiger partial charge in [-0.2, -0.15) is 5.26 Å². The fourth-order valence-electron chi connectivity index (χ4n) is 2.35. The fraction of sp³-hybridized carbons (Fsp3) is 0.429. The first-order valence-corrected chi connectivity index (χ1v) is 6.16. The molecule has 1 saturated heterocycles. The summed E-state index contributed by atoms with van der Waals surface area (Å²) in [6.07, 6.45) is 1.61. The monoisotopic (exact) mass is 243 g/mol. The lowest BCUT2D eigenvalue weighted by Crippen LogP contribution is -2.19. The molecule has 1 aliphatic heterocycles. The van der Waals surface area contributed by atoms with E-state index in [2.05, 4.69) is 23.3 Å². The molecule has 1 amide bonds. The number of anilines is 1. The van der Waals surface area contributed by atoms with Crippen LogP contribution in [-0.4, -0.2) is 30.9 Å². The minimum atomic E-state index is -0.00185. The Bertz CT molecular complexity index is 478. The molecule has 2 rings (SSSR count). The highest BCUT2D eigenvalue weighted by atomic mass is 16.1. The van der Waals surface area contributed by atoms with Crippen molar-refractivity contribution in [3.8, 4) is 6.07 Å². The van der Waals surface area contributed by atoms with Crippen LogP contribution in [0.1, 0.15) is 18.4 Å². The quantitative estimate of drug-likeness (QED) is 0.881. The van der Waals surface area contributed by atoms with E-state index in [-0.39, 0.29) is 5.91 Å². The van der Waals surface area contributed by atoms with Gasteiger partial charge < -0.3 is 10.2 Å². The Hall–Kier alpha value is -1.86. The van der Waals surface area contributed by atoms with Gasteiger partial charge in [-0.05, 0) is 38.1 Å². The van der Waals surface area contributed by atoms with Gasteiger partial charge in [-0.15, -0.1) is 0 Å². The molecule has 0 aliphatic carbocycles.